The zero-order valence-electron chi connectivity index (χ0n) is 21.5. The molecular formula is C31H30N2O4. The predicted molar refractivity (Wildman–Crippen MR) is 145 cm³/mol. The van der Waals surface area contributed by atoms with Crippen molar-refractivity contribution < 1.29 is 18.7 Å². The normalized spacial score (nSPS) is 21.3. The molecule has 0 N–H and O–H groups in total. The Kier molecular flexibility index (Phi) is 5.48. The maximum absolute atomic E-state index is 12.3. The fourth-order valence-electron chi connectivity index (χ4n) is 5.92. The molecule has 2 atom stereocenters. The van der Waals surface area contributed by atoms with Crippen LogP contribution in [0.2, 0.25) is 0 Å². The summed E-state index contributed by atoms with van der Waals surface area (Å²) in [6, 6.07) is 24.5. The Morgan fingerprint density at radius 1 is 1.00 bits per heavy atom. The van der Waals surface area contributed by atoms with Gasteiger partial charge in [0.1, 0.15) is 5.76 Å². The maximum atomic E-state index is 12.3. The van der Waals surface area contributed by atoms with Crippen molar-refractivity contribution in [2.75, 3.05) is 30.5 Å². The number of hydrogen-bond acceptors (Lipinski definition) is 6. The molecule has 6 nitrogen and oxygen atoms in total. The van der Waals surface area contributed by atoms with E-state index in [4.69, 9.17) is 13.9 Å². The molecule has 0 aliphatic carbocycles. The summed E-state index contributed by atoms with van der Waals surface area (Å²) in [5.41, 5.74) is 3.12. The van der Waals surface area contributed by atoms with Gasteiger partial charge in [-0.2, -0.15) is 0 Å². The highest BCUT2D eigenvalue weighted by Crippen LogP contribution is 2.51. The van der Waals surface area contributed by atoms with Crippen LogP contribution in [0.15, 0.2) is 89.2 Å². The number of carbonyl (C=O) groups is 1. The maximum Gasteiger partial charge on any atom is 0.374 e. The number of likely N-dealkylation sites (N-methyl/N-ethyl adjacent to an activating group) is 1. The number of fused-ring (bicyclic) bond motifs is 4. The molecule has 2 aliphatic heterocycles. The lowest BCUT2D eigenvalue weighted by atomic mass is 9.73. The topological polar surface area (TPSA) is 55.1 Å². The molecule has 1 aromatic heterocycles. The molecule has 4 aromatic rings. The molecule has 188 valence electrons. The summed E-state index contributed by atoms with van der Waals surface area (Å²) in [7, 11) is 4.17. The smallest absolute Gasteiger partial charge is 0.374 e. The molecular weight excluding hydrogens is 464 g/mol. The summed E-state index contributed by atoms with van der Waals surface area (Å²) in [5.74, 6) is 2.19. The monoisotopic (exact) mass is 494 g/mol. The van der Waals surface area contributed by atoms with Gasteiger partial charge in [0, 0.05) is 31.6 Å². The van der Waals surface area contributed by atoms with Crippen molar-refractivity contribution in [2.45, 2.75) is 31.7 Å². The van der Waals surface area contributed by atoms with Crippen LogP contribution in [-0.2, 0) is 16.6 Å². The number of furan rings is 1. The van der Waals surface area contributed by atoms with E-state index in [-0.39, 0.29) is 17.2 Å². The van der Waals surface area contributed by atoms with Crippen molar-refractivity contribution in [3.8, 4) is 5.75 Å². The first-order chi connectivity index (χ1) is 17.9. The molecule has 37 heavy (non-hydrogen) atoms. The van der Waals surface area contributed by atoms with E-state index in [1.165, 1.54) is 22.0 Å². The van der Waals surface area contributed by atoms with Crippen LogP contribution < -0.4 is 14.5 Å². The van der Waals surface area contributed by atoms with Gasteiger partial charge < -0.3 is 23.7 Å². The lowest BCUT2D eigenvalue weighted by molar-refractivity contribution is 0.0487. The van der Waals surface area contributed by atoms with Gasteiger partial charge in [0.15, 0.2) is 11.6 Å². The Bertz CT molecular complexity index is 1540. The summed E-state index contributed by atoms with van der Waals surface area (Å²) in [5, 5.41) is 2.42. The molecule has 0 fully saturated rings. The molecule has 3 aromatic carbocycles. The highest BCUT2D eigenvalue weighted by atomic mass is 16.5. The number of para-hydroxylation sites is 2. The summed E-state index contributed by atoms with van der Waals surface area (Å²) in [6.45, 7) is 4.37. The van der Waals surface area contributed by atoms with Crippen molar-refractivity contribution in [1.82, 2.24) is 0 Å². The van der Waals surface area contributed by atoms with E-state index in [0.29, 0.717) is 13.0 Å². The summed E-state index contributed by atoms with van der Waals surface area (Å²) in [4.78, 5) is 16.7. The zero-order chi connectivity index (χ0) is 25.7. The van der Waals surface area contributed by atoms with Crippen molar-refractivity contribution in [2.24, 2.45) is 0 Å². The van der Waals surface area contributed by atoms with E-state index in [2.05, 4.69) is 72.3 Å². The number of nitrogens with zero attached hydrogens (tertiary/aromatic N) is 2. The molecule has 0 spiro atoms. The van der Waals surface area contributed by atoms with E-state index in [1.807, 2.05) is 31.3 Å². The number of anilines is 2. The van der Waals surface area contributed by atoms with E-state index in [9.17, 15) is 4.79 Å². The fraction of sp³-hybridized carbons (Fsp3) is 0.258. The summed E-state index contributed by atoms with van der Waals surface area (Å²) < 4.78 is 17.5. The van der Waals surface area contributed by atoms with Crippen LogP contribution in [0, 0.1) is 0 Å². The van der Waals surface area contributed by atoms with Crippen LogP contribution in [0.3, 0.4) is 0 Å². The standard InChI is InChI=1S/C31H30N2O4/c1-5-35-30(34)26-17-15-21(36-26)19-31(2)27(18-28-33(4)23-12-8-9-13-25(23)37-28)32(3)24-16-14-20-10-6-7-11-22(20)29(24)31/h6-18,27H,5,19H2,1-4H3/b28-18-. The number of hydrogen-bond donors (Lipinski definition) is 0. The third-order valence-corrected chi connectivity index (χ3v) is 7.68. The molecule has 0 saturated carbocycles. The van der Waals surface area contributed by atoms with E-state index < -0.39 is 5.97 Å². The lowest BCUT2D eigenvalue weighted by Crippen LogP contribution is -2.42. The SMILES string of the molecule is CCOC(=O)c1ccc(CC2(C)c3c(ccc4ccccc34)N(C)C2/C=C2\Oc3ccccc3N2C)o1. The molecule has 2 aliphatic rings. The quantitative estimate of drug-likeness (QED) is 0.304. The third kappa shape index (κ3) is 3.67. The Morgan fingerprint density at radius 2 is 1.78 bits per heavy atom. The highest BCUT2D eigenvalue weighted by molar-refractivity contribution is 5.93. The van der Waals surface area contributed by atoms with Gasteiger partial charge in [0.05, 0.1) is 18.3 Å². The third-order valence-electron chi connectivity index (χ3n) is 7.68. The first-order valence-corrected chi connectivity index (χ1v) is 12.6. The minimum atomic E-state index is -0.439. The van der Waals surface area contributed by atoms with Gasteiger partial charge in [-0.05, 0) is 59.7 Å². The molecule has 2 unspecified atom stereocenters. The van der Waals surface area contributed by atoms with Gasteiger partial charge >= 0.3 is 5.97 Å². The van der Waals surface area contributed by atoms with Gasteiger partial charge in [-0.15, -0.1) is 0 Å². The van der Waals surface area contributed by atoms with E-state index in [1.54, 1.807) is 13.0 Å². The van der Waals surface area contributed by atoms with Gasteiger partial charge in [-0.1, -0.05) is 49.4 Å². The highest BCUT2D eigenvalue weighted by Gasteiger charge is 2.48. The van der Waals surface area contributed by atoms with E-state index >= 15 is 0 Å². The number of rotatable bonds is 5. The van der Waals surface area contributed by atoms with Gasteiger partial charge in [0.2, 0.25) is 5.76 Å². The average Bonchev–Trinajstić information content (AvgIpc) is 3.55. The number of benzene rings is 3. The minimum Gasteiger partial charge on any atom is -0.460 e. The van der Waals surface area contributed by atoms with Crippen LogP contribution in [-0.4, -0.2) is 32.7 Å². The second kappa shape index (κ2) is 8.73. The zero-order valence-corrected chi connectivity index (χ0v) is 21.5. The summed E-state index contributed by atoms with van der Waals surface area (Å²) in [6.07, 6.45) is 2.81. The van der Waals surface area contributed by atoms with Crippen LogP contribution in [0.1, 0.15) is 35.7 Å². The van der Waals surface area contributed by atoms with Crippen LogP contribution in [0.4, 0.5) is 11.4 Å². The molecule has 0 saturated heterocycles. The van der Waals surface area contributed by atoms with Crippen molar-refractivity contribution in [3.63, 3.8) is 0 Å². The van der Waals surface area contributed by atoms with Crippen LogP contribution >= 0.6 is 0 Å². The van der Waals surface area contributed by atoms with E-state index in [0.717, 1.165) is 23.1 Å². The Labute approximate surface area is 216 Å². The molecule has 3 heterocycles. The first-order valence-electron chi connectivity index (χ1n) is 12.6. The van der Waals surface area contributed by atoms with Crippen LogP contribution in [0.5, 0.6) is 5.75 Å². The predicted octanol–water partition coefficient (Wildman–Crippen LogP) is 6.30. The molecule has 0 amide bonds. The van der Waals surface area contributed by atoms with Crippen molar-refractivity contribution in [1.29, 1.82) is 0 Å². The fourth-order valence-corrected chi connectivity index (χ4v) is 5.92. The van der Waals surface area contributed by atoms with Gasteiger partial charge in [-0.25, -0.2) is 4.79 Å². The molecule has 0 bridgehead atoms. The summed E-state index contributed by atoms with van der Waals surface area (Å²) >= 11 is 0. The number of carbonyl (C=O) groups excluding carboxylic acids is 1. The number of esters is 1. The Morgan fingerprint density at radius 3 is 2.59 bits per heavy atom. The van der Waals surface area contributed by atoms with Crippen molar-refractivity contribution >= 4 is 28.1 Å². The molecule has 6 rings (SSSR count). The Hall–Kier alpha value is -4.19. The second-order valence-corrected chi connectivity index (χ2v) is 9.95. The van der Waals surface area contributed by atoms with Crippen molar-refractivity contribution in [3.05, 3.63) is 102 Å². The molecule has 6 heteroatoms. The number of ether oxygens (including phenoxy) is 2. The van der Waals surface area contributed by atoms with Gasteiger partial charge in [-0.3, -0.25) is 0 Å². The molecule has 0 radical (unpaired) electrons. The lowest BCUT2D eigenvalue weighted by Gasteiger charge is -2.33. The second-order valence-electron chi connectivity index (χ2n) is 9.95. The largest absolute Gasteiger partial charge is 0.460 e. The first kappa shape index (κ1) is 23.2. The Balaban J connectivity index is 1.47. The average molecular weight is 495 g/mol. The van der Waals surface area contributed by atoms with Crippen LogP contribution in [0.25, 0.3) is 10.8 Å². The van der Waals surface area contributed by atoms with Gasteiger partial charge in [0.25, 0.3) is 0 Å². The minimum absolute atomic E-state index is 0.0313.